The molecule has 1 unspecified atom stereocenters. The van der Waals surface area contributed by atoms with Crippen LogP contribution in [0.1, 0.15) is 6.42 Å². The summed E-state index contributed by atoms with van der Waals surface area (Å²) in [5, 5.41) is -1.09. The van der Waals surface area contributed by atoms with Crippen LogP contribution in [-0.2, 0) is 15.0 Å². The van der Waals surface area contributed by atoms with Crippen molar-refractivity contribution in [1.82, 2.24) is 0 Å². The molecule has 0 aliphatic carbocycles. The first-order valence-corrected chi connectivity index (χ1v) is 6.91. The SMILES string of the molecule is Nc1c(Cl)cccc1N1CC(S(=O)(=O)F)CC1=O. The summed E-state index contributed by atoms with van der Waals surface area (Å²) >= 11 is 5.81. The van der Waals surface area contributed by atoms with Crippen LogP contribution in [0.3, 0.4) is 0 Å². The Labute approximate surface area is 109 Å². The quantitative estimate of drug-likeness (QED) is 0.658. The van der Waals surface area contributed by atoms with Crippen molar-refractivity contribution in [3.63, 3.8) is 0 Å². The largest absolute Gasteiger partial charge is 0.396 e. The average Bonchev–Trinajstić information content (AvgIpc) is 2.64. The predicted molar refractivity (Wildman–Crippen MR) is 66.7 cm³/mol. The zero-order valence-corrected chi connectivity index (χ0v) is 10.7. The first-order valence-electron chi connectivity index (χ1n) is 5.08. The Balaban J connectivity index is 2.36. The molecule has 1 saturated heterocycles. The molecule has 1 aliphatic rings. The van der Waals surface area contributed by atoms with Crippen molar-refractivity contribution in [1.29, 1.82) is 0 Å². The molecule has 1 aromatic rings. The Morgan fingerprint density at radius 3 is 2.67 bits per heavy atom. The summed E-state index contributed by atoms with van der Waals surface area (Å²) in [7, 11) is -4.74. The molecule has 0 saturated carbocycles. The molecule has 1 fully saturated rings. The highest BCUT2D eigenvalue weighted by Crippen LogP contribution is 2.33. The number of halogens is 2. The third kappa shape index (κ3) is 2.28. The normalized spacial score (nSPS) is 20.4. The zero-order chi connectivity index (χ0) is 13.5. The fourth-order valence-electron chi connectivity index (χ4n) is 1.86. The topological polar surface area (TPSA) is 80.5 Å². The number of nitrogen functional groups attached to an aromatic ring is 1. The van der Waals surface area contributed by atoms with Gasteiger partial charge < -0.3 is 10.6 Å². The lowest BCUT2D eigenvalue weighted by molar-refractivity contribution is -0.117. The van der Waals surface area contributed by atoms with E-state index in [4.69, 9.17) is 17.3 Å². The van der Waals surface area contributed by atoms with Crippen molar-refractivity contribution < 1.29 is 17.1 Å². The van der Waals surface area contributed by atoms with Gasteiger partial charge in [-0.1, -0.05) is 17.7 Å². The molecular formula is C10H10ClFN2O3S. The molecule has 1 heterocycles. The molecule has 0 aromatic heterocycles. The lowest BCUT2D eigenvalue weighted by atomic mass is 10.2. The summed E-state index contributed by atoms with van der Waals surface area (Å²) in [4.78, 5) is 12.8. The monoisotopic (exact) mass is 292 g/mol. The Bertz CT molecular complexity index is 605. The standard InChI is InChI=1S/C10H10ClFN2O3S/c11-7-2-1-3-8(10(7)13)14-5-6(4-9(14)15)18(12,16)17/h1-3,6H,4-5,13H2. The van der Waals surface area contributed by atoms with Crippen molar-refractivity contribution in [2.24, 2.45) is 0 Å². The average molecular weight is 293 g/mol. The van der Waals surface area contributed by atoms with Gasteiger partial charge in [0.2, 0.25) is 5.91 Å². The second kappa shape index (κ2) is 4.40. The minimum Gasteiger partial charge on any atom is -0.396 e. The third-order valence-corrected chi connectivity index (χ3v) is 4.25. The molecule has 2 rings (SSSR count). The molecule has 1 aliphatic heterocycles. The second-order valence-electron chi connectivity index (χ2n) is 3.98. The van der Waals surface area contributed by atoms with Gasteiger partial charge in [-0.15, -0.1) is 3.89 Å². The van der Waals surface area contributed by atoms with Gasteiger partial charge in [-0.25, -0.2) is 0 Å². The van der Waals surface area contributed by atoms with Crippen LogP contribution in [0.25, 0.3) is 0 Å². The predicted octanol–water partition coefficient (Wildman–Crippen LogP) is 1.33. The van der Waals surface area contributed by atoms with E-state index in [0.717, 1.165) is 4.90 Å². The van der Waals surface area contributed by atoms with E-state index in [1.807, 2.05) is 0 Å². The van der Waals surface area contributed by atoms with Crippen LogP contribution < -0.4 is 10.6 Å². The molecule has 0 bridgehead atoms. The molecule has 1 atom stereocenters. The first-order chi connectivity index (χ1) is 8.30. The smallest absolute Gasteiger partial charge is 0.307 e. The van der Waals surface area contributed by atoms with Crippen LogP contribution in [0, 0.1) is 0 Å². The number of amides is 1. The molecule has 98 valence electrons. The second-order valence-corrected chi connectivity index (χ2v) is 6.00. The van der Waals surface area contributed by atoms with E-state index in [1.165, 1.54) is 6.07 Å². The number of anilines is 2. The molecule has 8 heteroatoms. The number of carbonyl (C=O) groups is 1. The van der Waals surface area contributed by atoms with Crippen molar-refractivity contribution in [2.45, 2.75) is 11.7 Å². The summed E-state index contributed by atoms with van der Waals surface area (Å²) in [5.41, 5.74) is 6.19. The molecule has 18 heavy (non-hydrogen) atoms. The van der Waals surface area contributed by atoms with Crippen molar-refractivity contribution in [3.05, 3.63) is 23.2 Å². The van der Waals surface area contributed by atoms with E-state index in [-0.39, 0.29) is 23.7 Å². The van der Waals surface area contributed by atoms with Gasteiger partial charge in [-0.05, 0) is 12.1 Å². The lowest BCUT2D eigenvalue weighted by Crippen LogP contribution is -2.27. The highest BCUT2D eigenvalue weighted by atomic mass is 35.5. The minimum atomic E-state index is -4.74. The number of hydrogen-bond donors (Lipinski definition) is 1. The van der Waals surface area contributed by atoms with Gasteiger partial charge in [0.05, 0.1) is 16.4 Å². The molecule has 2 N–H and O–H groups in total. The van der Waals surface area contributed by atoms with Gasteiger partial charge in [0.25, 0.3) is 0 Å². The first kappa shape index (κ1) is 13.1. The van der Waals surface area contributed by atoms with Crippen LogP contribution in [0.15, 0.2) is 18.2 Å². The Hall–Kier alpha value is -1.34. The maximum absolute atomic E-state index is 12.9. The Kier molecular flexibility index (Phi) is 3.20. The van der Waals surface area contributed by atoms with E-state index in [2.05, 4.69) is 0 Å². The molecule has 5 nitrogen and oxygen atoms in total. The number of para-hydroxylation sites is 1. The van der Waals surface area contributed by atoms with Crippen LogP contribution in [0.2, 0.25) is 5.02 Å². The van der Waals surface area contributed by atoms with Crippen molar-refractivity contribution >= 4 is 39.1 Å². The summed E-state index contributed by atoms with van der Waals surface area (Å²) in [6.45, 7) is -0.248. The van der Waals surface area contributed by atoms with E-state index in [1.54, 1.807) is 12.1 Å². The number of carbonyl (C=O) groups excluding carboxylic acids is 1. The van der Waals surface area contributed by atoms with E-state index in [9.17, 15) is 17.1 Å². The lowest BCUT2D eigenvalue weighted by Gasteiger charge is -2.18. The molecular weight excluding hydrogens is 283 g/mol. The zero-order valence-electron chi connectivity index (χ0n) is 9.14. The number of rotatable bonds is 2. The highest BCUT2D eigenvalue weighted by Gasteiger charge is 2.39. The van der Waals surface area contributed by atoms with Gasteiger partial charge >= 0.3 is 10.2 Å². The van der Waals surface area contributed by atoms with Crippen LogP contribution in [-0.4, -0.2) is 26.1 Å². The van der Waals surface area contributed by atoms with Gasteiger partial charge in [-0.2, -0.15) is 8.42 Å². The maximum Gasteiger partial charge on any atom is 0.307 e. The van der Waals surface area contributed by atoms with Crippen molar-refractivity contribution in [2.75, 3.05) is 17.2 Å². The molecule has 0 radical (unpaired) electrons. The number of nitrogens with zero attached hydrogens (tertiary/aromatic N) is 1. The molecule has 1 aromatic carbocycles. The van der Waals surface area contributed by atoms with Gasteiger partial charge in [0.1, 0.15) is 5.25 Å². The van der Waals surface area contributed by atoms with E-state index in [0.29, 0.717) is 5.69 Å². The highest BCUT2D eigenvalue weighted by molar-refractivity contribution is 7.87. The Morgan fingerprint density at radius 1 is 1.44 bits per heavy atom. The number of benzene rings is 1. The Morgan fingerprint density at radius 2 is 2.11 bits per heavy atom. The number of hydrogen-bond acceptors (Lipinski definition) is 4. The summed E-state index contributed by atoms with van der Waals surface area (Å²) < 4.78 is 34.5. The summed E-state index contributed by atoms with van der Waals surface area (Å²) in [5.74, 6) is -0.491. The van der Waals surface area contributed by atoms with Crippen LogP contribution in [0.5, 0.6) is 0 Å². The maximum atomic E-state index is 12.9. The van der Waals surface area contributed by atoms with Crippen LogP contribution >= 0.6 is 11.6 Å². The van der Waals surface area contributed by atoms with E-state index >= 15 is 0 Å². The molecule has 1 amide bonds. The fraction of sp³-hybridized carbons (Fsp3) is 0.300. The van der Waals surface area contributed by atoms with Crippen molar-refractivity contribution in [3.8, 4) is 0 Å². The minimum absolute atomic E-state index is 0.171. The summed E-state index contributed by atoms with van der Waals surface area (Å²) in [6.07, 6.45) is -0.384. The molecule has 0 spiro atoms. The van der Waals surface area contributed by atoms with Gasteiger partial charge in [0, 0.05) is 13.0 Å². The fourth-order valence-corrected chi connectivity index (χ4v) is 2.70. The van der Waals surface area contributed by atoms with Gasteiger partial charge in [-0.3, -0.25) is 4.79 Å². The van der Waals surface area contributed by atoms with E-state index < -0.39 is 21.4 Å². The third-order valence-electron chi connectivity index (χ3n) is 2.81. The summed E-state index contributed by atoms with van der Waals surface area (Å²) in [6, 6.07) is 4.66. The van der Waals surface area contributed by atoms with Crippen LogP contribution in [0.4, 0.5) is 15.3 Å². The number of nitrogens with two attached hydrogens (primary N) is 1. The van der Waals surface area contributed by atoms with Gasteiger partial charge in [0.15, 0.2) is 0 Å².